The van der Waals surface area contributed by atoms with Gasteiger partial charge in [-0.1, -0.05) is 6.07 Å². The van der Waals surface area contributed by atoms with Gasteiger partial charge in [-0.3, -0.25) is 4.98 Å². The molecule has 2 heterocycles. The standard InChI is InChI=1S/C16H27BN2O3/c1-15(2)16(3,4)22-17(21-15)13-7-8-14(18-11-13)12-20-10-9-19(5)6/h7-8,11H,9-10,12H2,1-6H3. The van der Waals surface area contributed by atoms with Gasteiger partial charge in [0.25, 0.3) is 0 Å². The molecule has 5 nitrogen and oxygen atoms in total. The van der Waals surface area contributed by atoms with E-state index in [1.165, 1.54) is 0 Å². The molecule has 2 rings (SSSR count). The molecule has 6 heteroatoms. The zero-order valence-corrected chi connectivity index (χ0v) is 14.5. The predicted molar refractivity (Wildman–Crippen MR) is 88.2 cm³/mol. The lowest BCUT2D eigenvalue weighted by atomic mass is 9.80. The summed E-state index contributed by atoms with van der Waals surface area (Å²) in [6, 6.07) is 3.97. The highest BCUT2D eigenvalue weighted by atomic mass is 16.7. The van der Waals surface area contributed by atoms with Crippen LogP contribution in [0.4, 0.5) is 0 Å². The Labute approximate surface area is 134 Å². The lowest BCUT2D eigenvalue weighted by molar-refractivity contribution is 0.00578. The summed E-state index contributed by atoms with van der Waals surface area (Å²) >= 11 is 0. The number of rotatable bonds is 6. The van der Waals surface area contributed by atoms with Crippen LogP contribution in [-0.4, -0.2) is 55.5 Å². The normalized spacial score (nSPS) is 19.9. The van der Waals surface area contributed by atoms with Crippen molar-refractivity contribution in [3.05, 3.63) is 24.0 Å². The van der Waals surface area contributed by atoms with E-state index in [-0.39, 0.29) is 18.3 Å². The Morgan fingerprint density at radius 2 is 1.77 bits per heavy atom. The molecule has 0 saturated carbocycles. The van der Waals surface area contributed by atoms with E-state index in [2.05, 4.69) is 9.88 Å². The van der Waals surface area contributed by atoms with Gasteiger partial charge in [-0.15, -0.1) is 0 Å². The second kappa shape index (κ2) is 6.66. The highest BCUT2D eigenvalue weighted by Gasteiger charge is 2.51. The third-order valence-corrected chi connectivity index (χ3v) is 4.31. The maximum Gasteiger partial charge on any atom is 0.496 e. The van der Waals surface area contributed by atoms with Crippen LogP contribution in [0, 0.1) is 0 Å². The van der Waals surface area contributed by atoms with Gasteiger partial charge in [-0.05, 0) is 47.9 Å². The first-order valence-electron chi connectivity index (χ1n) is 7.74. The second-order valence-corrected chi connectivity index (χ2v) is 7.03. The molecule has 1 aliphatic heterocycles. The van der Waals surface area contributed by atoms with Gasteiger partial charge in [0.05, 0.1) is 30.1 Å². The average Bonchev–Trinajstić information content (AvgIpc) is 2.64. The first-order valence-corrected chi connectivity index (χ1v) is 7.74. The molecular formula is C16H27BN2O3. The highest BCUT2D eigenvalue weighted by Crippen LogP contribution is 2.36. The molecule has 1 saturated heterocycles. The van der Waals surface area contributed by atoms with E-state index in [9.17, 15) is 0 Å². The molecule has 0 N–H and O–H groups in total. The molecule has 0 aliphatic carbocycles. The summed E-state index contributed by atoms with van der Waals surface area (Å²) in [5, 5.41) is 0. The molecule has 22 heavy (non-hydrogen) atoms. The summed E-state index contributed by atoms with van der Waals surface area (Å²) in [4.78, 5) is 6.53. The van der Waals surface area contributed by atoms with Gasteiger partial charge in [-0.2, -0.15) is 0 Å². The molecule has 0 amide bonds. The molecule has 0 aromatic carbocycles. The highest BCUT2D eigenvalue weighted by molar-refractivity contribution is 6.62. The van der Waals surface area contributed by atoms with Crippen molar-refractivity contribution < 1.29 is 14.0 Å². The minimum Gasteiger partial charge on any atom is -0.399 e. The molecule has 0 spiro atoms. The lowest BCUT2D eigenvalue weighted by Crippen LogP contribution is -2.41. The number of hydrogen-bond acceptors (Lipinski definition) is 5. The third-order valence-electron chi connectivity index (χ3n) is 4.31. The fourth-order valence-corrected chi connectivity index (χ4v) is 2.06. The summed E-state index contributed by atoms with van der Waals surface area (Å²) < 4.78 is 17.6. The van der Waals surface area contributed by atoms with Crippen LogP contribution in [0.1, 0.15) is 33.4 Å². The van der Waals surface area contributed by atoms with Crippen molar-refractivity contribution >= 4 is 12.6 Å². The number of nitrogens with zero attached hydrogens (tertiary/aromatic N) is 2. The number of ether oxygens (including phenoxy) is 1. The van der Waals surface area contributed by atoms with Gasteiger partial charge in [0, 0.05) is 18.2 Å². The van der Waals surface area contributed by atoms with Crippen molar-refractivity contribution in [3.63, 3.8) is 0 Å². The van der Waals surface area contributed by atoms with Crippen molar-refractivity contribution in [3.8, 4) is 0 Å². The number of pyridine rings is 1. The molecule has 1 fully saturated rings. The van der Waals surface area contributed by atoms with E-state index in [1.807, 2.05) is 60.1 Å². The number of aromatic nitrogens is 1. The van der Waals surface area contributed by atoms with E-state index in [4.69, 9.17) is 14.0 Å². The van der Waals surface area contributed by atoms with Gasteiger partial charge < -0.3 is 18.9 Å². The average molecular weight is 306 g/mol. The molecule has 1 aromatic heterocycles. The Morgan fingerprint density at radius 3 is 2.27 bits per heavy atom. The Morgan fingerprint density at radius 1 is 1.14 bits per heavy atom. The van der Waals surface area contributed by atoms with Crippen molar-refractivity contribution in [2.75, 3.05) is 27.2 Å². The molecular weight excluding hydrogens is 279 g/mol. The predicted octanol–water partition coefficient (Wildman–Crippen LogP) is 1.46. The minimum absolute atomic E-state index is 0.328. The summed E-state index contributed by atoms with van der Waals surface area (Å²) in [5.74, 6) is 0. The van der Waals surface area contributed by atoms with E-state index in [0.29, 0.717) is 13.2 Å². The fraction of sp³-hybridized carbons (Fsp3) is 0.688. The van der Waals surface area contributed by atoms with Crippen LogP contribution in [0.3, 0.4) is 0 Å². The van der Waals surface area contributed by atoms with Crippen molar-refractivity contribution in [1.29, 1.82) is 0 Å². The largest absolute Gasteiger partial charge is 0.496 e. The van der Waals surface area contributed by atoms with E-state index in [0.717, 1.165) is 17.7 Å². The maximum atomic E-state index is 6.02. The van der Waals surface area contributed by atoms with Gasteiger partial charge in [0.15, 0.2) is 0 Å². The van der Waals surface area contributed by atoms with Crippen LogP contribution >= 0.6 is 0 Å². The second-order valence-electron chi connectivity index (χ2n) is 7.03. The Hall–Kier alpha value is -0.945. The van der Waals surface area contributed by atoms with Crippen LogP contribution in [0.25, 0.3) is 0 Å². The Kier molecular flexibility index (Phi) is 5.27. The fourth-order valence-electron chi connectivity index (χ4n) is 2.06. The van der Waals surface area contributed by atoms with Crippen LogP contribution in [0.5, 0.6) is 0 Å². The summed E-state index contributed by atoms with van der Waals surface area (Å²) in [5.41, 5.74) is 1.20. The summed E-state index contributed by atoms with van der Waals surface area (Å²) in [7, 11) is 3.70. The number of likely N-dealkylation sites (N-methyl/N-ethyl adjacent to an activating group) is 1. The molecule has 0 atom stereocenters. The molecule has 1 aromatic rings. The van der Waals surface area contributed by atoms with Crippen molar-refractivity contribution in [1.82, 2.24) is 9.88 Å². The topological polar surface area (TPSA) is 43.8 Å². The van der Waals surface area contributed by atoms with Crippen LogP contribution in [-0.2, 0) is 20.7 Å². The monoisotopic (exact) mass is 306 g/mol. The smallest absolute Gasteiger partial charge is 0.399 e. The van der Waals surface area contributed by atoms with Gasteiger partial charge in [-0.25, -0.2) is 0 Å². The Bertz CT molecular complexity index is 473. The molecule has 0 unspecified atom stereocenters. The molecule has 0 radical (unpaired) electrons. The quantitative estimate of drug-likeness (QED) is 0.588. The SMILES string of the molecule is CN(C)CCOCc1ccc(B2OC(C)(C)C(C)(C)O2)cn1. The van der Waals surface area contributed by atoms with Gasteiger partial charge >= 0.3 is 7.12 Å². The zero-order valence-electron chi connectivity index (χ0n) is 14.5. The van der Waals surface area contributed by atoms with Crippen LogP contribution in [0.2, 0.25) is 0 Å². The number of hydrogen-bond donors (Lipinski definition) is 0. The van der Waals surface area contributed by atoms with E-state index >= 15 is 0 Å². The minimum atomic E-state index is -0.360. The van der Waals surface area contributed by atoms with Crippen molar-refractivity contribution in [2.45, 2.75) is 45.5 Å². The third kappa shape index (κ3) is 4.07. The van der Waals surface area contributed by atoms with Crippen molar-refractivity contribution in [2.24, 2.45) is 0 Å². The molecule has 0 bridgehead atoms. The van der Waals surface area contributed by atoms with Crippen LogP contribution in [0.15, 0.2) is 18.3 Å². The first-order chi connectivity index (χ1) is 10.2. The summed E-state index contributed by atoms with van der Waals surface area (Å²) in [6.07, 6.45) is 1.81. The Balaban J connectivity index is 1.90. The van der Waals surface area contributed by atoms with E-state index in [1.54, 1.807) is 0 Å². The zero-order chi connectivity index (χ0) is 16.4. The van der Waals surface area contributed by atoms with Crippen LogP contribution < -0.4 is 5.46 Å². The lowest BCUT2D eigenvalue weighted by Gasteiger charge is -2.32. The molecule has 122 valence electrons. The van der Waals surface area contributed by atoms with E-state index < -0.39 is 0 Å². The molecule has 1 aliphatic rings. The summed E-state index contributed by atoms with van der Waals surface area (Å²) in [6.45, 7) is 10.3. The van der Waals surface area contributed by atoms with Gasteiger partial charge in [0.1, 0.15) is 0 Å². The van der Waals surface area contributed by atoms with Gasteiger partial charge in [0.2, 0.25) is 0 Å². The first kappa shape index (κ1) is 17.4. The maximum absolute atomic E-state index is 6.02.